The van der Waals surface area contributed by atoms with Crippen LogP contribution in [0.5, 0.6) is 11.5 Å². The van der Waals surface area contributed by atoms with E-state index in [1.165, 1.54) is 0 Å². The molecule has 0 fully saturated rings. The lowest BCUT2D eigenvalue weighted by Gasteiger charge is -2.30. The second-order valence-corrected chi connectivity index (χ2v) is 6.25. The molecule has 1 aromatic heterocycles. The molecule has 1 aliphatic rings. The zero-order valence-electron chi connectivity index (χ0n) is 14.8. The van der Waals surface area contributed by atoms with Crippen molar-refractivity contribution in [2.45, 2.75) is 19.6 Å². The van der Waals surface area contributed by atoms with E-state index in [1.54, 1.807) is 35.2 Å². The van der Waals surface area contributed by atoms with Crippen LogP contribution in [0.2, 0.25) is 0 Å². The number of carbonyl (C=O) groups excluding carboxylic acids is 1. The first-order chi connectivity index (χ1) is 13.2. The number of nitrogens with one attached hydrogen (secondary N) is 1. The van der Waals surface area contributed by atoms with Gasteiger partial charge in [-0.25, -0.2) is 4.98 Å². The third-order valence-electron chi connectivity index (χ3n) is 4.48. The van der Waals surface area contributed by atoms with Crippen LogP contribution in [0.3, 0.4) is 0 Å². The first-order valence-corrected chi connectivity index (χ1v) is 8.81. The molecular weight excluding hydrogens is 346 g/mol. The molecule has 0 saturated carbocycles. The molecule has 2 aromatic carbocycles. The van der Waals surface area contributed by atoms with Gasteiger partial charge < -0.3 is 19.4 Å². The molecule has 0 spiro atoms. The third-order valence-corrected chi connectivity index (χ3v) is 4.48. The molecule has 1 N–H and O–H groups in total. The predicted octanol–water partition coefficient (Wildman–Crippen LogP) is 2.11. The van der Waals surface area contributed by atoms with Gasteiger partial charge >= 0.3 is 0 Å². The van der Waals surface area contributed by atoms with Crippen molar-refractivity contribution in [2.24, 2.45) is 0 Å². The minimum absolute atomic E-state index is 0.147. The average Bonchev–Trinajstić information content (AvgIpc) is 2.71. The molecule has 3 aromatic rings. The number of fused-ring (bicyclic) bond motifs is 2. The van der Waals surface area contributed by atoms with Gasteiger partial charge in [0, 0.05) is 6.54 Å². The molecule has 1 unspecified atom stereocenters. The van der Waals surface area contributed by atoms with Gasteiger partial charge in [-0.2, -0.15) is 0 Å². The maximum Gasteiger partial charge on any atom is 0.267 e. The second-order valence-electron chi connectivity index (χ2n) is 6.25. The highest BCUT2D eigenvalue weighted by atomic mass is 16.6. The van der Waals surface area contributed by atoms with Gasteiger partial charge in [0.25, 0.3) is 11.5 Å². The molecule has 7 heteroatoms. The predicted molar refractivity (Wildman–Crippen MR) is 99.8 cm³/mol. The molecular formula is C20H19N3O4. The molecule has 0 aliphatic carbocycles. The second kappa shape index (κ2) is 7.11. The van der Waals surface area contributed by atoms with Crippen molar-refractivity contribution >= 4 is 16.8 Å². The number of para-hydroxylation sites is 3. The third kappa shape index (κ3) is 3.36. The van der Waals surface area contributed by atoms with Crippen molar-refractivity contribution in [2.75, 3.05) is 13.2 Å². The normalized spacial score (nSPS) is 15.5. The van der Waals surface area contributed by atoms with Crippen LogP contribution in [-0.4, -0.2) is 40.0 Å². The molecule has 1 aliphatic heterocycles. The number of carbonyl (C=O) groups is 1. The van der Waals surface area contributed by atoms with E-state index in [0.29, 0.717) is 34.8 Å². The van der Waals surface area contributed by atoms with E-state index in [-0.39, 0.29) is 24.6 Å². The Labute approximate surface area is 155 Å². The van der Waals surface area contributed by atoms with Crippen molar-refractivity contribution in [3.8, 4) is 11.5 Å². The Kier molecular flexibility index (Phi) is 4.50. The standard InChI is InChI=1S/C20H19N3O4/c1-2-23(11-18-21-14-8-4-3-7-13(14)19(24)22-18)20(25)17-12-26-15-9-5-6-10-16(15)27-17/h3-10,17H,2,11-12H2,1H3,(H,21,22,24). The van der Waals surface area contributed by atoms with Gasteiger partial charge in [0.15, 0.2) is 11.5 Å². The number of aromatic amines is 1. The monoisotopic (exact) mass is 365 g/mol. The van der Waals surface area contributed by atoms with Crippen LogP contribution < -0.4 is 15.0 Å². The maximum absolute atomic E-state index is 12.9. The lowest BCUT2D eigenvalue weighted by atomic mass is 10.2. The van der Waals surface area contributed by atoms with Gasteiger partial charge in [-0.3, -0.25) is 9.59 Å². The highest BCUT2D eigenvalue weighted by Gasteiger charge is 2.30. The van der Waals surface area contributed by atoms with Crippen molar-refractivity contribution < 1.29 is 14.3 Å². The summed E-state index contributed by atoms with van der Waals surface area (Å²) in [6.07, 6.45) is -0.730. The average molecular weight is 365 g/mol. The van der Waals surface area contributed by atoms with Gasteiger partial charge in [0.1, 0.15) is 12.4 Å². The molecule has 0 bridgehead atoms. The van der Waals surface area contributed by atoms with Crippen molar-refractivity contribution in [3.05, 3.63) is 64.7 Å². The van der Waals surface area contributed by atoms with Crippen LogP contribution in [-0.2, 0) is 11.3 Å². The summed E-state index contributed by atoms with van der Waals surface area (Å²) < 4.78 is 11.4. The van der Waals surface area contributed by atoms with E-state index >= 15 is 0 Å². The van der Waals surface area contributed by atoms with Crippen LogP contribution in [0.25, 0.3) is 10.9 Å². The number of aromatic nitrogens is 2. The summed E-state index contributed by atoms with van der Waals surface area (Å²) in [4.78, 5) is 33.9. The lowest BCUT2D eigenvalue weighted by Crippen LogP contribution is -2.46. The van der Waals surface area contributed by atoms with Crippen molar-refractivity contribution in [1.29, 1.82) is 0 Å². The number of amides is 1. The SMILES string of the molecule is CCN(Cc1nc2ccccc2c(=O)[nH]1)C(=O)C1COc2ccccc2O1. The fourth-order valence-corrected chi connectivity index (χ4v) is 3.08. The summed E-state index contributed by atoms with van der Waals surface area (Å²) >= 11 is 0. The Hall–Kier alpha value is -3.35. The lowest BCUT2D eigenvalue weighted by molar-refractivity contribution is -0.141. The Morgan fingerprint density at radius 2 is 1.93 bits per heavy atom. The van der Waals surface area contributed by atoms with Crippen molar-refractivity contribution in [1.82, 2.24) is 14.9 Å². The summed E-state index contributed by atoms with van der Waals surface area (Å²) in [5, 5.41) is 0.524. The number of likely N-dealkylation sites (N-methyl/N-ethyl adjacent to an activating group) is 1. The summed E-state index contributed by atoms with van der Waals surface area (Å²) in [6.45, 7) is 2.66. The Morgan fingerprint density at radius 3 is 2.74 bits per heavy atom. The smallest absolute Gasteiger partial charge is 0.267 e. The van der Waals surface area contributed by atoms with Gasteiger partial charge in [0.05, 0.1) is 17.4 Å². The van der Waals surface area contributed by atoms with Gasteiger partial charge in [-0.1, -0.05) is 24.3 Å². The maximum atomic E-state index is 12.9. The van der Waals surface area contributed by atoms with Crippen LogP contribution in [0.1, 0.15) is 12.7 Å². The van der Waals surface area contributed by atoms with E-state index in [2.05, 4.69) is 9.97 Å². The largest absolute Gasteiger partial charge is 0.485 e. The minimum Gasteiger partial charge on any atom is -0.485 e. The van der Waals surface area contributed by atoms with E-state index in [0.717, 1.165) is 0 Å². The molecule has 1 atom stereocenters. The molecule has 2 heterocycles. The molecule has 1 amide bonds. The number of hydrogen-bond donors (Lipinski definition) is 1. The summed E-state index contributed by atoms with van der Waals surface area (Å²) in [7, 11) is 0. The molecule has 0 radical (unpaired) electrons. The van der Waals surface area contributed by atoms with Crippen LogP contribution in [0.4, 0.5) is 0 Å². The van der Waals surface area contributed by atoms with E-state index < -0.39 is 6.10 Å². The number of benzene rings is 2. The number of hydrogen-bond acceptors (Lipinski definition) is 5. The Balaban J connectivity index is 1.54. The number of H-pyrrole nitrogens is 1. The summed E-state index contributed by atoms with van der Waals surface area (Å²) in [5.41, 5.74) is 0.385. The van der Waals surface area contributed by atoms with Gasteiger partial charge in [0.2, 0.25) is 6.10 Å². The highest BCUT2D eigenvalue weighted by Crippen LogP contribution is 2.31. The zero-order valence-corrected chi connectivity index (χ0v) is 14.8. The van der Waals surface area contributed by atoms with Gasteiger partial charge in [-0.05, 0) is 31.2 Å². The van der Waals surface area contributed by atoms with E-state index in [1.807, 2.05) is 25.1 Å². The molecule has 4 rings (SSSR count). The van der Waals surface area contributed by atoms with Crippen molar-refractivity contribution in [3.63, 3.8) is 0 Å². The van der Waals surface area contributed by atoms with Crippen LogP contribution in [0, 0.1) is 0 Å². The minimum atomic E-state index is -0.730. The number of rotatable bonds is 4. The Bertz CT molecular complexity index is 1050. The zero-order chi connectivity index (χ0) is 18.8. The number of nitrogens with zero attached hydrogens (tertiary/aromatic N) is 2. The topological polar surface area (TPSA) is 84.5 Å². The summed E-state index contributed by atoms with van der Waals surface area (Å²) in [6, 6.07) is 14.4. The van der Waals surface area contributed by atoms with Crippen LogP contribution >= 0.6 is 0 Å². The first kappa shape index (κ1) is 17.1. The molecule has 138 valence electrons. The fraction of sp³-hybridized carbons (Fsp3) is 0.250. The fourth-order valence-electron chi connectivity index (χ4n) is 3.08. The molecule has 0 saturated heterocycles. The quantitative estimate of drug-likeness (QED) is 0.765. The Morgan fingerprint density at radius 1 is 1.19 bits per heavy atom. The number of ether oxygens (including phenoxy) is 2. The highest BCUT2D eigenvalue weighted by molar-refractivity contribution is 5.82. The van der Waals surface area contributed by atoms with E-state index in [9.17, 15) is 9.59 Å². The summed E-state index contributed by atoms with van der Waals surface area (Å²) in [5.74, 6) is 1.41. The molecule has 27 heavy (non-hydrogen) atoms. The first-order valence-electron chi connectivity index (χ1n) is 8.81. The van der Waals surface area contributed by atoms with Gasteiger partial charge in [-0.15, -0.1) is 0 Å². The molecule has 7 nitrogen and oxygen atoms in total. The van der Waals surface area contributed by atoms with Crippen LogP contribution in [0.15, 0.2) is 53.3 Å². The van der Waals surface area contributed by atoms with E-state index in [4.69, 9.17) is 9.47 Å².